The van der Waals surface area contributed by atoms with E-state index in [9.17, 15) is 14.7 Å². The molecule has 3 fully saturated rings. The van der Waals surface area contributed by atoms with Crippen LogP contribution in [0.5, 0.6) is 0 Å². The average molecular weight is 280 g/mol. The van der Waals surface area contributed by atoms with Crippen LogP contribution in [-0.4, -0.2) is 22.6 Å². The van der Waals surface area contributed by atoms with E-state index < -0.39 is 11.4 Å². The summed E-state index contributed by atoms with van der Waals surface area (Å²) < 4.78 is 5.61. The van der Waals surface area contributed by atoms with Crippen molar-refractivity contribution in [2.75, 3.05) is 0 Å². The van der Waals surface area contributed by atoms with Gasteiger partial charge in [-0.3, -0.25) is 9.59 Å². The van der Waals surface area contributed by atoms with Crippen molar-refractivity contribution in [3.8, 4) is 0 Å². The second kappa shape index (κ2) is 3.99. The minimum absolute atomic E-state index is 0.0927. The van der Waals surface area contributed by atoms with Gasteiger partial charge >= 0.3 is 11.9 Å². The van der Waals surface area contributed by atoms with Crippen LogP contribution in [0.2, 0.25) is 0 Å². The average Bonchev–Trinajstić information content (AvgIpc) is 2.65. The van der Waals surface area contributed by atoms with Crippen molar-refractivity contribution >= 4 is 11.9 Å². The Balaban J connectivity index is 2.02. The first-order valence-corrected chi connectivity index (χ1v) is 7.68. The molecule has 4 nitrogen and oxygen atoms in total. The van der Waals surface area contributed by atoms with Crippen LogP contribution in [-0.2, 0) is 14.3 Å². The Morgan fingerprint density at radius 3 is 2.55 bits per heavy atom. The lowest BCUT2D eigenvalue weighted by Crippen LogP contribution is -2.58. The highest BCUT2D eigenvalue weighted by atomic mass is 16.6. The fourth-order valence-corrected chi connectivity index (χ4v) is 5.58. The van der Waals surface area contributed by atoms with Gasteiger partial charge in [0, 0.05) is 5.92 Å². The number of carbonyl (C=O) groups is 2. The normalized spacial score (nSPS) is 51.0. The van der Waals surface area contributed by atoms with E-state index in [1.165, 1.54) is 0 Å². The van der Waals surface area contributed by atoms with E-state index in [-0.39, 0.29) is 28.8 Å². The number of fused-ring (bicyclic) bond motifs is 3. The highest BCUT2D eigenvalue weighted by Crippen LogP contribution is 2.65. The SMILES string of the molecule is C[C@]12CCC[C@](C)(C(=O)O)[C@@H]1CC[C@]1(C)OC(=O)C[C@H]21. The van der Waals surface area contributed by atoms with Gasteiger partial charge in [-0.25, -0.2) is 0 Å². The molecule has 3 rings (SSSR count). The lowest BCUT2D eigenvalue weighted by molar-refractivity contribution is -0.183. The first-order valence-electron chi connectivity index (χ1n) is 7.68. The summed E-state index contributed by atoms with van der Waals surface area (Å²) in [6.07, 6.45) is 4.79. The quantitative estimate of drug-likeness (QED) is 0.750. The molecule has 0 aromatic rings. The van der Waals surface area contributed by atoms with Gasteiger partial charge in [-0.1, -0.05) is 13.3 Å². The number of rotatable bonds is 1. The fraction of sp³-hybridized carbons (Fsp3) is 0.875. The summed E-state index contributed by atoms with van der Waals surface area (Å²) in [6, 6.07) is 0. The monoisotopic (exact) mass is 280 g/mol. The molecular weight excluding hydrogens is 256 g/mol. The van der Waals surface area contributed by atoms with Crippen molar-refractivity contribution in [1.29, 1.82) is 0 Å². The molecule has 1 heterocycles. The number of esters is 1. The van der Waals surface area contributed by atoms with Crippen molar-refractivity contribution in [3.63, 3.8) is 0 Å². The Morgan fingerprint density at radius 1 is 1.20 bits per heavy atom. The lowest BCUT2D eigenvalue weighted by Gasteiger charge is -2.58. The van der Waals surface area contributed by atoms with Crippen molar-refractivity contribution < 1.29 is 19.4 Å². The summed E-state index contributed by atoms with van der Waals surface area (Å²) in [6.45, 7) is 6.14. The zero-order valence-corrected chi connectivity index (χ0v) is 12.6. The van der Waals surface area contributed by atoms with Gasteiger partial charge < -0.3 is 9.84 Å². The lowest BCUT2D eigenvalue weighted by atomic mass is 9.45. The number of hydrogen-bond donors (Lipinski definition) is 1. The molecule has 0 amide bonds. The molecule has 1 N–H and O–H groups in total. The van der Waals surface area contributed by atoms with E-state index in [0.717, 1.165) is 32.1 Å². The van der Waals surface area contributed by atoms with Crippen molar-refractivity contribution in [2.45, 2.75) is 64.9 Å². The molecule has 2 aliphatic carbocycles. The minimum Gasteiger partial charge on any atom is -0.481 e. The molecule has 20 heavy (non-hydrogen) atoms. The molecule has 0 aromatic heterocycles. The highest BCUT2D eigenvalue weighted by molar-refractivity contribution is 5.76. The van der Waals surface area contributed by atoms with Crippen molar-refractivity contribution in [3.05, 3.63) is 0 Å². The highest BCUT2D eigenvalue weighted by Gasteiger charge is 2.65. The van der Waals surface area contributed by atoms with Crippen LogP contribution in [0.25, 0.3) is 0 Å². The van der Waals surface area contributed by atoms with E-state index >= 15 is 0 Å². The molecule has 4 heteroatoms. The van der Waals surface area contributed by atoms with Gasteiger partial charge in [0.1, 0.15) is 5.60 Å². The maximum Gasteiger partial charge on any atom is 0.309 e. The maximum atomic E-state index is 11.8. The molecule has 0 radical (unpaired) electrons. The van der Waals surface area contributed by atoms with Gasteiger partial charge in [0.05, 0.1) is 11.8 Å². The molecule has 112 valence electrons. The largest absolute Gasteiger partial charge is 0.481 e. The van der Waals surface area contributed by atoms with Gasteiger partial charge in [0.25, 0.3) is 0 Å². The third kappa shape index (κ3) is 1.60. The van der Waals surface area contributed by atoms with E-state index in [1.807, 2.05) is 13.8 Å². The Kier molecular flexibility index (Phi) is 2.77. The Bertz CT molecular complexity index is 473. The molecule has 2 saturated carbocycles. The van der Waals surface area contributed by atoms with Crippen LogP contribution < -0.4 is 0 Å². The van der Waals surface area contributed by atoms with Gasteiger partial charge in [-0.2, -0.15) is 0 Å². The molecule has 0 aromatic carbocycles. The predicted octanol–water partition coefficient (Wildman–Crippen LogP) is 3.00. The Labute approximate surface area is 119 Å². The summed E-state index contributed by atoms with van der Waals surface area (Å²) in [4.78, 5) is 23.6. The number of carboxylic acid groups (broad SMARTS) is 1. The second-order valence-electron chi connectivity index (χ2n) is 7.72. The van der Waals surface area contributed by atoms with Gasteiger partial charge in [-0.15, -0.1) is 0 Å². The van der Waals surface area contributed by atoms with Gasteiger partial charge in [0.15, 0.2) is 0 Å². The number of ether oxygens (including phenoxy) is 1. The minimum atomic E-state index is -0.678. The van der Waals surface area contributed by atoms with E-state index in [2.05, 4.69) is 6.92 Å². The number of carbonyl (C=O) groups excluding carboxylic acids is 1. The zero-order valence-electron chi connectivity index (χ0n) is 12.6. The Hall–Kier alpha value is -1.06. The van der Waals surface area contributed by atoms with Crippen LogP contribution in [0.3, 0.4) is 0 Å². The van der Waals surface area contributed by atoms with Crippen LogP contribution in [0.4, 0.5) is 0 Å². The predicted molar refractivity (Wildman–Crippen MR) is 73.0 cm³/mol. The second-order valence-corrected chi connectivity index (χ2v) is 7.72. The third-order valence-corrected chi connectivity index (χ3v) is 6.65. The zero-order chi connectivity index (χ0) is 14.8. The Morgan fingerprint density at radius 2 is 1.90 bits per heavy atom. The number of carboxylic acids is 1. The maximum absolute atomic E-state index is 11.8. The third-order valence-electron chi connectivity index (χ3n) is 6.65. The van der Waals surface area contributed by atoms with E-state index in [4.69, 9.17) is 4.74 Å². The topological polar surface area (TPSA) is 63.6 Å². The van der Waals surface area contributed by atoms with E-state index in [0.29, 0.717) is 6.42 Å². The first-order chi connectivity index (χ1) is 9.22. The summed E-state index contributed by atoms with van der Waals surface area (Å²) in [5.74, 6) is -0.474. The van der Waals surface area contributed by atoms with Crippen LogP contribution >= 0.6 is 0 Å². The number of aliphatic carboxylic acids is 1. The van der Waals surface area contributed by atoms with Crippen molar-refractivity contribution in [1.82, 2.24) is 0 Å². The molecule has 0 unspecified atom stereocenters. The summed E-state index contributed by atoms with van der Waals surface area (Å²) in [5, 5.41) is 9.71. The first kappa shape index (κ1) is 13.9. The van der Waals surface area contributed by atoms with Crippen LogP contribution in [0.15, 0.2) is 0 Å². The molecule has 0 bridgehead atoms. The van der Waals surface area contributed by atoms with Gasteiger partial charge in [-0.05, 0) is 50.9 Å². The van der Waals surface area contributed by atoms with E-state index in [1.54, 1.807) is 0 Å². The number of hydrogen-bond acceptors (Lipinski definition) is 3. The van der Waals surface area contributed by atoms with Crippen molar-refractivity contribution in [2.24, 2.45) is 22.7 Å². The van der Waals surface area contributed by atoms with Crippen LogP contribution in [0, 0.1) is 22.7 Å². The molecule has 1 aliphatic heterocycles. The molecule has 5 atom stereocenters. The molecule has 3 aliphatic rings. The summed E-state index contributed by atoms with van der Waals surface area (Å²) in [5.41, 5.74) is -1.12. The van der Waals surface area contributed by atoms with Crippen LogP contribution in [0.1, 0.15) is 59.3 Å². The summed E-state index contributed by atoms with van der Waals surface area (Å²) >= 11 is 0. The smallest absolute Gasteiger partial charge is 0.309 e. The fourth-order valence-electron chi connectivity index (χ4n) is 5.58. The molecular formula is C16H24O4. The standard InChI is InChI=1S/C16H24O4/c1-14-6-4-7-15(2,13(18)19)10(14)5-8-16(3)11(14)9-12(17)20-16/h10-11H,4-9H2,1-3H3,(H,18,19)/t10-,11-,14+,15+,16+/m1/s1. The van der Waals surface area contributed by atoms with Gasteiger partial charge in [0.2, 0.25) is 0 Å². The molecule has 1 saturated heterocycles. The summed E-state index contributed by atoms with van der Waals surface area (Å²) in [7, 11) is 0. The molecule has 0 spiro atoms.